The number of quaternary nitrogens is 1. The summed E-state index contributed by atoms with van der Waals surface area (Å²) in [6.07, 6.45) is 0.235. The summed E-state index contributed by atoms with van der Waals surface area (Å²) in [5.41, 5.74) is 2.80. The minimum atomic E-state index is -4.43. The van der Waals surface area contributed by atoms with Crippen LogP contribution in [0, 0.1) is 19.1 Å². The van der Waals surface area contributed by atoms with Crippen molar-refractivity contribution in [2.24, 2.45) is 0 Å². The maximum atomic E-state index is 13.0. The van der Waals surface area contributed by atoms with Crippen molar-refractivity contribution in [3.05, 3.63) is 88.4 Å². The minimum Gasteiger partial charge on any atom is -0.595 e. The maximum Gasteiger partial charge on any atom is 0.416 e. The van der Waals surface area contributed by atoms with Gasteiger partial charge in [-0.1, -0.05) is 30.4 Å². The number of rotatable bonds is 5. The van der Waals surface area contributed by atoms with Crippen molar-refractivity contribution in [3.8, 4) is 5.69 Å². The van der Waals surface area contributed by atoms with E-state index in [-0.39, 0.29) is 28.4 Å². The van der Waals surface area contributed by atoms with Crippen molar-refractivity contribution in [1.82, 2.24) is 15.1 Å². The van der Waals surface area contributed by atoms with Crippen LogP contribution in [0.3, 0.4) is 0 Å². The Hall–Kier alpha value is -3.25. The molecule has 0 spiro atoms. The van der Waals surface area contributed by atoms with Crippen molar-refractivity contribution >= 4 is 28.7 Å². The molecule has 0 amide bonds. The average molecular weight is 504 g/mol. The molecule has 2 aromatic carbocycles. The highest BCUT2D eigenvalue weighted by molar-refractivity contribution is 7.80. The molecule has 1 aliphatic rings. The molecule has 11 heteroatoms. The molecule has 1 heterocycles. The molecule has 0 aliphatic heterocycles. The Bertz CT molecular complexity index is 1270. The van der Waals surface area contributed by atoms with Gasteiger partial charge in [-0.3, -0.25) is 0 Å². The molecule has 4 N–H and O–H groups in total. The number of halogens is 3. The number of para-hydroxylation sites is 2. The van der Waals surface area contributed by atoms with E-state index in [0.717, 1.165) is 29.1 Å². The van der Waals surface area contributed by atoms with E-state index in [1.807, 2.05) is 26.0 Å². The number of nitrogens with zero attached hydrogens (tertiary/aromatic N) is 2. The van der Waals surface area contributed by atoms with Gasteiger partial charge in [-0.2, -0.15) is 23.5 Å². The molecule has 1 unspecified atom stereocenters. The Balaban J connectivity index is 1.45. The third-order valence-corrected chi connectivity index (χ3v) is 6.15. The van der Waals surface area contributed by atoms with Crippen molar-refractivity contribution in [1.29, 1.82) is 0 Å². The number of hydrogen-bond acceptors (Lipinski definition) is 4. The average Bonchev–Trinajstić information content (AvgIpc) is 3.36. The Morgan fingerprint density at radius 2 is 1.91 bits per heavy atom. The number of allylic oxidation sites excluding steroid dienone is 1. The van der Waals surface area contributed by atoms with Crippen LogP contribution in [0.15, 0.2) is 60.7 Å². The van der Waals surface area contributed by atoms with Crippen molar-refractivity contribution in [2.45, 2.75) is 38.4 Å². The van der Waals surface area contributed by atoms with E-state index in [1.54, 1.807) is 28.9 Å². The first-order valence-electron chi connectivity index (χ1n) is 10.9. The van der Waals surface area contributed by atoms with Crippen LogP contribution in [0.5, 0.6) is 0 Å². The van der Waals surface area contributed by atoms with Gasteiger partial charge >= 0.3 is 6.18 Å². The Labute approximate surface area is 205 Å². The van der Waals surface area contributed by atoms with Crippen molar-refractivity contribution in [2.75, 3.05) is 5.32 Å². The topological polar surface area (TPSA) is 89.6 Å². The van der Waals surface area contributed by atoms with Gasteiger partial charge in [-0.15, -0.1) is 0 Å². The zero-order chi connectivity index (χ0) is 25.3. The molecule has 7 nitrogen and oxygen atoms in total. The monoisotopic (exact) mass is 503 g/mol. The second kappa shape index (κ2) is 9.78. The fourth-order valence-electron chi connectivity index (χ4n) is 4.39. The lowest BCUT2D eigenvalue weighted by Crippen LogP contribution is -2.99. The van der Waals surface area contributed by atoms with Crippen LogP contribution in [-0.2, 0) is 6.18 Å². The zero-order valence-corrected chi connectivity index (χ0v) is 19.7. The Kier molecular flexibility index (Phi) is 6.95. The van der Waals surface area contributed by atoms with Gasteiger partial charge in [0.25, 0.3) is 0 Å². The molecular weight excluding hydrogens is 479 g/mol. The SMILES string of the molecule is Cc1nn(-c2ccccc2[NH+]([O-])O)c(C)c1[C@@H]1C=C[C@@H](NC(=S)Nc2cccc(C(F)(F)F)c2)C1. The summed E-state index contributed by atoms with van der Waals surface area (Å²) in [7, 11) is 0. The standard InChI is InChI=1S/C24H24F3N5O2S/c1-14-22(15(2)31(30-14)20-8-3-4-9-21(20)32(33)34)16-10-11-19(12-16)29-23(35)28-18-7-5-6-17(13-18)24(25,26)27/h3-11,13,16,19,32-33H,12H2,1-2H3,(H2,28,29,35)/t16-,19-/m1/s1. The number of alkyl halides is 3. The second-order valence-electron chi connectivity index (χ2n) is 8.33. The maximum absolute atomic E-state index is 13.0. The first kappa shape index (κ1) is 24.9. The van der Waals surface area contributed by atoms with Gasteiger partial charge in [-0.25, -0.2) is 9.89 Å². The summed E-state index contributed by atoms with van der Waals surface area (Å²) in [6, 6.07) is 11.4. The second-order valence-corrected chi connectivity index (χ2v) is 8.74. The minimum absolute atomic E-state index is 0.0228. The van der Waals surface area contributed by atoms with E-state index in [9.17, 15) is 23.6 Å². The van der Waals surface area contributed by atoms with E-state index < -0.39 is 17.0 Å². The van der Waals surface area contributed by atoms with Crippen LogP contribution in [-0.4, -0.2) is 26.1 Å². The number of aromatic nitrogens is 2. The van der Waals surface area contributed by atoms with Gasteiger partial charge in [0.1, 0.15) is 5.69 Å². The molecule has 0 saturated carbocycles. The highest BCUT2D eigenvalue weighted by Gasteiger charge is 2.31. The van der Waals surface area contributed by atoms with E-state index in [0.29, 0.717) is 12.1 Å². The van der Waals surface area contributed by atoms with Crippen LogP contribution in [0.1, 0.15) is 34.9 Å². The number of nitrogens with one attached hydrogen (secondary N) is 3. The summed E-state index contributed by atoms with van der Waals surface area (Å²) in [6.45, 7) is 3.79. The highest BCUT2D eigenvalue weighted by atomic mass is 32.1. The van der Waals surface area contributed by atoms with E-state index in [2.05, 4.69) is 15.7 Å². The van der Waals surface area contributed by atoms with E-state index in [1.165, 1.54) is 12.1 Å². The molecular formula is C24H24F3N5O2S. The number of thiocarbonyl (C=S) groups is 1. The first-order chi connectivity index (χ1) is 16.5. The number of benzene rings is 2. The van der Waals surface area contributed by atoms with Crippen LogP contribution >= 0.6 is 12.2 Å². The number of hydrogen-bond donors (Lipinski definition) is 4. The van der Waals surface area contributed by atoms with Crippen LogP contribution in [0.25, 0.3) is 5.69 Å². The fourth-order valence-corrected chi connectivity index (χ4v) is 4.66. The van der Waals surface area contributed by atoms with Crippen LogP contribution in [0.2, 0.25) is 0 Å². The Morgan fingerprint density at radius 1 is 1.17 bits per heavy atom. The van der Waals surface area contributed by atoms with Crippen LogP contribution in [0.4, 0.5) is 24.5 Å². The van der Waals surface area contributed by atoms with E-state index in [4.69, 9.17) is 12.2 Å². The van der Waals surface area contributed by atoms with E-state index >= 15 is 0 Å². The quantitative estimate of drug-likeness (QED) is 0.236. The molecule has 184 valence electrons. The lowest BCUT2D eigenvalue weighted by Gasteiger charge is -2.18. The lowest BCUT2D eigenvalue weighted by molar-refractivity contribution is -0.991. The molecule has 1 aromatic heterocycles. The molecule has 0 bridgehead atoms. The van der Waals surface area contributed by atoms with Gasteiger partial charge in [0.15, 0.2) is 10.8 Å². The molecule has 0 radical (unpaired) electrons. The summed E-state index contributed by atoms with van der Waals surface area (Å²) in [4.78, 5) is 0. The largest absolute Gasteiger partial charge is 0.595 e. The van der Waals surface area contributed by atoms with Gasteiger partial charge < -0.3 is 15.8 Å². The molecule has 1 aliphatic carbocycles. The summed E-state index contributed by atoms with van der Waals surface area (Å²) < 4.78 is 40.5. The Morgan fingerprint density at radius 3 is 2.63 bits per heavy atom. The fraction of sp³-hybridized carbons (Fsp3) is 0.250. The first-order valence-corrected chi connectivity index (χ1v) is 11.3. The van der Waals surface area contributed by atoms with Gasteiger partial charge in [0.05, 0.1) is 11.3 Å². The molecule has 3 atom stereocenters. The molecule has 35 heavy (non-hydrogen) atoms. The smallest absolute Gasteiger partial charge is 0.416 e. The summed E-state index contributed by atoms with van der Waals surface area (Å²) in [5, 5.41) is 31.0. The predicted molar refractivity (Wildman–Crippen MR) is 130 cm³/mol. The molecule has 0 fully saturated rings. The van der Waals surface area contributed by atoms with Gasteiger partial charge in [0, 0.05) is 35.0 Å². The third kappa shape index (κ3) is 5.38. The third-order valence-electron chi connectivity index (χ3n) is 5.93. The summed E-state index contributed by atoms with van der Waals surface area (Å²) in [5.74, 6) is 0.0228. The molecule has 0 saturated heterocycles. The van der Waals surface area contributed by atoms with Crippen molar-refractivity contribution < 1.29 is 23.6 Å². The zero-order valence-electron chi connectivity index (χ0n) is 18.9. The van der Waals surface area contributed by atoms with Crippen LogP contribution < -0.4 is 15.9 Å². The number of aryl methyl sites for hydroxylation is 1. The lowest BCUT2D eigenvalue weighted by atomic mass is 9.96. The number of anilines is 1. The predicted octanol–water partition coefficient (Wildman–Crippen LogP) is 4.31. The highest BCUT2D eigenvalue weighted by Crippen LogP contribution is 2.35. The normalized spacial score (nSPS) is 18.5. The molecule has 3 aromatic rings. The van der Waals surface area contributed by atoms with Gasteiger partial charge in [-0.05, 0) is 56.8 Å². The van der Waals surface area contributed by atoms with Gasteiger partial charge in [0.2, 0.25) is 0 Å². The van der Waals surface area contributed by atoms with Crippen molar-refractivity contribution in [3.63, 3.8) is 0 Å². The molecule has 4 rings (SSSR count). The summed E-state index contributed by atoms with van der Waals surface area (Å²) >= 11 is 5.31.